The van der Waals surface area contributed by atoms with Crippen molar-refractivity contribution in [3.63, 3.8) is 0 Å². The van der Waals surface area contributed by atoms with Gasteiger partial charge >= 0.3 is 0 Å². The van der Waals surface area contributed by atoms with Gasteiger partial charge in [0.1, 0.15) is 0 Å². The van der Waals surface area contributed by atoms with E-state index in [0.29, 0.717) is 17.4 Å². The molecular weight excluding hydrogens is 254 g/mol. The molecule has 120 valence electrons. The molecule has 1 aromatic rings. The number of rotatable bonds is 5. The highest BCUT2D eigenvalue weighted by Gasteiger charge is 2.26. The van der Waals surface area contributed by atoms with Crippen LogP contribution in [0.25, 0.3) is 0 Å². The number of hydrogen-bond donors (Lipinski definition) is 1. The van der Waals surface area contributed by atoms with E-state index in [2.05, 4.69) is 73.7 Å². The standard InChI is InChI=1S/C20H35N/c1-10-21-18(12-15(4)20(7,8)9)19-16(5)13(2)11-14(3)17(19)6/h11,15,18,21H,10,12H2,1-9H3. The molecule has 1 rings (SSSR count). The van der Waals surface area contributed by atoms with Gasteiger partial charge < -0.3 is 5.32 Å². The first-order valence-corrected chi connectivity index (χ1v) is 8.40. The molecular formula is C20H35N. The Morgan fingerprint density at radius 2 is 1.48 bits per heavy atom. The van der Waals surface area contributed by atoms with E-state index in [-0.39, 0.29) is 0 Å². The normalized spacial score (nSPS) is 15.1. The average Bonchev–Trinajstić information content (AvgIpc) is 2.35. The highest BCUT2D eigenvalue weighted by molar-refractivity contribution is 5.45. The maximum atomic E-state index is 3.74. The van der Waals surface area contributed by atoms with Gasteiger partial charge in [0.2, 0.25) is 0 Å². The third kappa shape index (κ3) is 4.32. The molecule has 0 aromatic heterocycles. The molecule has 0 amide bonds. The van der Waals surface area contributed by atoms with Gasteiger partial charge in [0, 0.05) is 6.04 Å². The lowest BCUT2D eigenvalue weighted by Gasteiger charge is -2.33. The molecule has 2 unspecified atom stereocenters. The summed E-state index contributed by atoms with van der Waals surface area (Å²) in [5, 5.41) is 3.74. The second-order valence-electron chi connectivity index (χ2n) is 7.79. The molecule has 1 aromatic carbocycles. The van der Waals surface area contributed by atoms with Crippen molar-refractivity contribution in [3.8, 4) is 0 Å². The Bertz CT molecular complexity index is 453. The smallest absolute Gasteiger partial charge is 0.0328 e. The van der Waals surface area contributed by atoms with Gasteiger partial charge in [0.05, 0.1) is 0 Å². The van der Waals surface area contributed by atoms with Crippen LogP contribution in [0.2, 0.25) is 0 Å². The molecule has 0 aliphatic rings. The number of aryl methyl sites for hydroxylation is 2. The van der Waals surface area contributed by atoms with Crippen molar-refractivity contribution in [2.24, 2.45) is 11.3 Å². The molecule has 0 saturated carbocycles. The Morgan fingerprint density at radius 3 is 1.86 bits per heavy atom. The summed E-state index contributed by atoms with van der Waals surface area (Å²) in [7, 11) is 0. The zero-order valence-electron chi connectivity index (χ0n) is 15.6. The van der Waals surface area contributed by atoms with Gasteiger partial charge in [-0.2, -0.15) is 0 Å². The summed E-state index contributed by atoms with van der Waals surface area (Å²) in [5.41, 5.74) is 7.65. The van der Waals surface area contributed by atoms with Gasteiger partial charge in [-0.25, -0.2) is 0 Å². The van der Waals surface area contributed by atoms with Gasteiger partial charge in [-0.1, -0.05) is 40.7 Å². The zero-order chi connectivity index (χ0) is 16.4. The van der Waals surface area contributed by atoms with Crippen LogP contribution in [0.15, 0.2) is 6.07 Å². The number of nitrogens with one attached hydrogen (secondary N) is 1. The minimum absolute atomic E-state index is 0.356. The van der Waals surface area contributed by atoms with E-state index in [0.717, 1.165) is 6.54 Å². The van der Waals surface area contributed by atoms with E-state index in [1.54, 1.807) is 0 Å². The van der Waals surface area contributed by atoms with Crippen LogP contribution in [0.5, 0.6) is 0 Å². The highest BCUT2D eigenvalue weighted by Crippen LogP contribution is 2.36. The molecule has 1 nitrogen and oxygen atoms in total. The van der Waals surface area contributed by atoms with Crippen LogP contribution in [0.3, 0.4) is 0 Å². The summed E-state index contributed by atoms with van der Waals surface area (Å²) >= 11 is 0. The van der Waals surface area contributed by atoms with E-state index in [1.165, 1.54) is 34.2 Å². The first-order valence-electron chi connectivity index (χ1n) is 8.40. The van der Waals surface area contributed by atoms with Gasteiger partial charge in [-0.15, -0.1) is 0 Å². The third-order valence-electron chi connectivity index (χ3n) is 5.29. The Kier molecular flexibility index (Phi) is 6.04. The molecule has 21 heavy (non-hydrogen) atoms. The van der Waals surface area contributed by atoms with E-state index >= 15 is 0 Å². The van der Waals surface area contributed by atoms with Crippen LogP contribution in [0.4, 0.5) is 0 Å². The lowest BCUT2D eigenvalue weighted by molar-refractivity contribution is 0.223. The van der Waals surface area contributed by atoms with Crippen molar-refractivity contribution in [3.05, 3.63) is 33.9 Å². The van der Waals surface area contributed by atoms with Crippen LogP contribution in [0.1, 0.15) is 74.9 Å². The molecule has 1 heteroatoms. The number of benzene rings is 1. The lowest BCUT2D eigenvalue weighted by atomic mass is 9.76. The van der Waals surface area contributed by atoms with E-state index in [9.17, 15) is 0 Å². The topological polar surface area (TPSA) is 12.0 Å². The Hall–Kier alpha value is -0.820. The van der Waals surface area contributed by atoms with Crippen molar-refractivity contribution in [1.29, 1.82) is 0 Å². The quantitative estimate of drug-likeness (QED) is 0.739. The summed E-state index contributed by atoms with van der Waals surface area (Å²) in [6, 6.07) is 2.78. The predicted molar refractivity (Wildman–Crippen MR) is 95.0 cm³/mol. The molecule has 0 saturated heterocycles. The maximum Gasteiger partial charge on any atom is 0.0328 e. The second-order valence-corrected chi connectivity index (χ2v) is 7.79. The largest absolute Gasteiger partial charge is 0.310 e. The summed E-state index contributed by atoms with van der Waals surface area (Å²) in [5.74, 6) is 0.682. The first kappa shape index (κ1) is 18.2. The number of hydrogen-bond acceptors (Lipinski definition) is 1. The average molecular weight is 290 g/mol. The van der Waals surface area contributed by atoms with Crippen LogP contribution in [0, 0.1) is 39.0 Å². The van der Waals surface area contributed by atoms with Crippen molar-refractivity contribution in [1.82, 2.24) is 5.32 Å². The molecule has 0 radical (unpaired) electrons. The van der Waals surface area contributed by atoms with Crippen molar-refractivity contribution in [2.75, 3.05) is 6.54 Å². The first-order chi connectivity index (χ1) is 9.59. The van der Waals surface area contributed by atoms with Gasteiger partial charge in [-0.3, -0.25) is 0 Å². The summed E-state index contributed by atoms with van der Waals surface area (Å²) in [6.07, 6.45) is 1.20. The van der Waals surface area contributed by atoms with E-state index < -0.39 is 0 Å². The summed E-state index contributed by atoms with van der Waals surface area (Å²) in [6.45, 7) is 21.7. The van der Waals surface area contributed by atoms with Crippen molar-refractivity contribution < 1.29 is 0 Å². The molecule has 0 heterocycles. The van der Waals surface area contributed by atoms with Gasteiger partial charge in [-0.05, 0) is 79.8 Å². The highest BCUT2D eigenvalue weighted by atomic mass is 14.9. The van der Waals surface area contributed by atoms with Crippen molar-refractivity contribution >= 4 is 0 Å². The van der Waals surface area contributed by atoms with E-state index in [4.69, 9.17) is 0 Å². The SMILES string of the molecule is CCNC(CC(C)C(C)(C)C)c1c(C)c(C)cc(C)c1C. The Labute approximate surface area is 132 Å². The van der Waals surface area contributed by atoms with Crippen molar-refractivity contribution in [2.45, 2.75) is 74.8 Å². The fourth-order valence-corrected chi connectivity index (χ4v) is 3.03. The Morgan fingerprint density at radius 1 is 1.00 bits per heavy atom. The second kappa shape index (κ2) is 6.96. The minimum atomic E-state index is 0.356. The Balaban J connectivity index is 3.23. The molecule has 0 fully saturated rings. The fraction of sp³-hybridized carbons (Fsp3) is 0.700. The summed E-state index contributed by atoms with van der Waals surface area (Å²) in [4.78, 5) is 0. The van der Waals surface area contributed by atoms with E-state index in [1.807, 2.05) is 0 Å². The summed E-state index contributed by atoms with van der Waals surface area (Å²) < 4.78 is 0. The predicted octanol–water partition coefficient (Wildman–Crippen LogP) is 5.64. The molecule has 0 bridgehead atoms. The molecule has 0 aliphatic heterocycles. The lowest BCUT2D eigenvalue weighted by Crippen LogP contribution is -2.29. The monoisotopic (exact) mass is 289 g/mol. The fourth-order valence-electron chi connectivity index (χ4n) is 3.03. The van der Waals surface area contributed by atoms with Crippen LogP contribution in [-0.2, 0) is 0 Å². The zero-order valence-corrected chi connectivity index (χ0v) is 15.6. The molecule has 0 spiro atoms. The molecule has 0 aliphatic carbocycles. The van der Waals surface area contributed by atoms with Crippen LogP contribution >= 0.6 is 0 Å². The minimum Gasteiger partial charge on any atom is -0.310 e. The van der Waals surface area contributed by atoms with Crippen LogP contribution < -0.4 is 5.32 Å². The maximum absolute atomic E-state index is 3.74. The third-order valence-corrected chi connectivity index (χ3v) is 5.29. The van der Waals surface area contributed by atoms with Crippen LogP contribution in [-0.4, -0.2) is 6.54 Å². The van der Waals surface area contributed by atoms with Gasteiger partial charge in [0.15, 0.2) is 0 Å². The molecule has 1 N–H and O–H groups in total. The molecule has 2 atom stereocenters. The van der Waals surface area contributed by atoms with Gasteiger partial charge in [0.25, 0.3) is 0 Å².